The van der Waals surface area contributed by atoms with Gasteiger partial charge in [0.1, 0.15) is 0 Å². The van der Waals surface area contributed by atoms with E-state index in [1.165, 1.54) is 0 Å². The number of aryl methyl sites for hydroxylation is 1. The lowest BCUT2D eigenvalue weighted by Gasteiger charge is -2.31. The van der Waals surface area contributed by atoms with Crippen molar-refractivity contribution in [2.24, 2.45) is 5.92 Å². The molecule has 108 valence electrons. The van der Waals surface area contributed by atoms with Gasteiger partial charge in [0.05, 0.1) is 0 Å². The summed E-state index contributed by atoms with van der Waals surface area (Å²) in [7, 11) is 1.66. The maximum Gasteiger partial charge on any atom is 0.254 e. The van der Waals surface area contributed by atoms with Gasteiger partial charge in [-0.2, -0.15) is 0 Å². The lowest BCUT2D eigenvalue weighted by Crippen LogP contribution is -2.42. The summed E-state index contributed by atoms with van der Waals surface area (Å²) >= 11 is 3.40. The van der Waals surface area contributed by atoms with E-state index in [0.29, 0.717) is 13.1 Å². The van der Waals surface area contributed by atoms with Crippen LogP contribution in [0.3, 0.4) is 0 Å². The van der Waals surface area contributed by atoms with E-state index in [2.05, 4.69) is 21.2 Å². The highest BCUT2D eigenvalue weighted by Gasteiger charge is 2.27. The second-order valence-corrected chi connectivity index (χ2v) is 6.06. The van der Waals surface area contributed by atoms with Crippen LogP contribution in [0.15, 0.2) is 22.7 Å². The van der Waals surface area contributed by atoms with E-state index in [1.807, 2.05) is 30.0 Å². The zero-order valence-electron chi connectivity index (χ0n) is 11.8. The number of rotatable bonds is 2. The smallest absolute Gasteiger partial charge is 0.254 e. The molecule has 1 aliphatic rings. The molecule has 1 heterocycles. The van der Waals surface area contributed by atoms with E-state index in [4.69, 9.17) is 0 Å². The second kappa shape index (κ2) is 6.39. The van der Waals surface area contributed by atoms with Crippen molar-refractivity contribution in [1.82, 2.24) is 10.2 Å². The Bertz CT molecular complexity index is 523. The molecule has 1 fully saturated rings. The van der Waals surface area contributed by atoms with Crippen molar-refractivity contribution in [2.75, 3.05) is 20.1 Å². The number of carbonyl (C=O) groups is 2. The maximum atomic E-state index is 12.5. The van der Waals surface area contributed by atoms with Crippen LogP contribution in [0.1, 0.15) is 28.8 Å². The quantitative estimate of drug-likeness (QED) is 0.899. The summed E-state index contributed by atoms with van der Waals surface area (Å²) in [6.07, 6.45) is 1.47. The minimum absolute atomic E-state index is 0.0349. The number of hydrogen-bond donors (Lipinski definition) is 1. The van der Waals surface area contributed by atoms with Crippen molar-refractivity contribution in [3.63, 3.8) is 0 Å². The molecule has 0 aromatic heterocycles. The summed E-state index contributed by atoms with van der Waals surface area (Å²) in [5.41, 5.74) is 1.71. The van der Waals surface area contributed by atoms with Crippen LogP contribution < -0.4 is 5.32 Å². The van der Waals surface area contributed by atoms with Crippen LogP contribution in [0.4, 0.5) is 0 Å². The Morgan fingerprint density at radius 1 is 1.30 bits per heavy atom. The topological polar surface area (TPSA) is 49.4 Å². The number of likely N-dealkylation sites (tertiary alicyclic amines) is 1. The molecule has 0 spiro atoms. The Labute approximate surface area is 127 Å². The van der Waals surface area contributed by atoms with E-state index >= 15 is 0 Å². The third kappa shape index (κ3) is 3.20. The molecule has 2 amide bonds. The second-order valence-electron chi connectivity index (χ2n) is 5.14. The molecule has 0 aliphatic carbocycles. The van der Waals surface area contributed by atoms with Crippen molar-refractivity contribution in [3.8, 4) is 0 Å². The molecule has 1 aromatic carbocycles. The summed E-state index contributed by atoms with van der Waals surface area (Å²) in [6.45, 7) is 3.22. The third-order valence-corrected chi connectivity index (χ3v) is 4.32. The number of carbonyl (C=O) groups excluding carboxylic acids is 2. The van der Waals surface area contributed by atoms with Gasteiger partial charge in [-0.15, -0.1) is 0 Å². The first kappa shape index (κ1) is 15.0. The van der Waals surface area contributed by atoms with Crippen LogP contribution in [0.2, 0.25) is 0 Å². The minimum atomic E-state index is 0.0349. The maximum absolute atomic E-state index is 12.5. The SMILES string of the molecule is CNC(=O)C1CCN(C(=O)c2cc(Br)ccc2C)CC1. The van der Waals surface area contributed by atoms with Gasteiger partial charge in [-0.05, 0) is 37.5 Å². The molecule has 0 atom stereocenters. The molecular formula is C15H19BrN2O2. The number of nitrogens with one attached hydrogen (secondary N) is 1. The average molecular weight is 339 g/mol. The zero-order chi connectivity index (χ0) is 14.7. The van der Waals surface area contributed by atoms with Crippen LogP contribution in [-0.4, -0.2) is 36.9 Å². The fourth-order valence-corrected chi connectivity index (χ4v) is 2.90. The lowest BCUT2D eigenvalue weighted by atomic mass is 9.95. The summed E-state index contributed by atoms with van der Waals surface area (Å²) in [5.74, 6) is 0.169. The first-order valence-electron chi connectivity index (χ1n) is 6.80. The van der Waals surface area contributed by atoms with Crippen molar-refractivity contribution in [1.29, 1.82) is 0 Å². The average Bonchev–Trinajstić information content (AvgIpc) is 2.48. The summed E-state index contributed by atoms with van der Waals surface area (Å²) in [4.78, 5) is 26.0. The normalized spacial score (nSPS) is 16.1. The van der Waals surface area contributed by atoms with Gasteiger partial charge in [0, 0.05) is 36.1 Å². The van der Waals surface area contributed by atoms with E-state index < -0.39 is 0 Å². The highest BCUT2D eigenvalue weighted by atomic mass is 79.9. The van der Waals surface area contributed by atoms with Crippen LogP contribution in [0.5, 0.6) is 0 Å². The Morgan fingerprint density at radius 2 is 1.95 bits per heavy atom. The van der Waals surface area contributed by atoms with Gasteiger partial charge in [0.25, 0.3) is 5.91 Å². The highest BCUT2D eigenvalue weighted by molar-refractivity contribution is 9.10. The lowest BCUT2D eigenvalue weighted by molar-refractivity contribution is -0.125. The first-order chi connectivity index (χ1) is 9.52. The molecule has 4 nitrogen and oxygen atoms in total. The molecule has 1 aliphatic heterocycles. The highest BCUT2D eigenvalue weighted by Crippen LogP contribution is 2.22. The predicted molar refractivity (Wildman–Crippen MR) is 81.6 cm³/mol. The number of benzene rings is 1. The monoisotopic (exact) mass is 338 g/mol. The van der Waals surface area contributed by atoms with Crippen molar-refractivity contribution in [2.45, 2.75) is 19.8 Å². The number of nitrogens with zero attached hydrogens (tertiary/aromatic N) is 1. The zero-order valence-corrected chi connectivity index (χ0v) is 13.4. The van der Waals surface area contributed by atoms with Gasteiger partial charge in [0.2, 0.25) is 5.91 Å². The Hall–Kier alpha value is -1.36. The molecule has 5 heteroatoms. The summed E-state index contributed by atoms with van der Waals surface area (Å²) < 4.78 is 0.909. The molecule has 2 rings (SSSR count). The molecular weight excluding hydrogens is 320 g/mol. The van der Waals surface area contributed by atoms with Crippen LogP contribution >= 0.6 is 15.9 Å². The van der Waals surface area contributed by atoms with Gasteiger partial charge >= 0.3 is 0 Å². The summed E-state index contributed by atoms with van der Waals surface area (Å²) in [5, 5.41) is 2.68. The molecule has 0 unspecified atom stereocenters. The number of hydrogen-bond acceptors (Lipinski definition) is 2. The summed E-state index contributed by atoms with van der Waals surface area (Å²) in [6, 6.07) is 5.74. The van der Waals surface area contributed by atoms with E-state index in [9.17, 15) is 9.59 Å². The molecule has 0 saturated carbocycles. The molecule has 1 saturated heterocycles. The Kier molecular flexibility index (Phi) is 4.81. The molecule has 20 heavy (non-hydrogen) atoms. The first-order valence-corrected chi connectivity index (χ1v) is 7.59. The standard InChI is InChI=1S/C15H19BrN2O2/c1-10-3-4-12(16)9-13(10)15(20)18-7-5-11(6-8-18)14(19)17-2/h3-4,9,11H,5-8H2,1-2H3,(H,17,19). The molecule has 1 N–H and O–H groups in total. The van der Waals surface area contributed by atoms with Crippen molar-refractivity contribution < 1.29 is 9.59 Å². The minimum Gasteiger partial charge on any atom is -0.359 e. The van der Waals surface area contributed by atoms with Crippen molar-refractivity contribution in [3.05, 3.63) is 33.8 Å². The molecule has 0 bridgehead atoms. The van der Waals surface area contributed by atoms with Crippen LogP contribution in [0.25, 0.3) is 0 Å². The fraction of sp³-hybridized carbons (Fsp3) is 0.467. The number of halogens is 1. The van der Waals surface area contributed by atoms with Crippen molar-refractivity contribution >= 4 is 27.7 Å². The molecule has 1 aromatic rings. The number of piperidine rings is 1. The largest absolute Gasteiger partial charge is 0.359 e. The molecule has 0 radical (unpaired) electrons. The number of amides is 2. The van der Waals surface area contributed by atoms with Crippen LogP contribution in [-0.2, 0) is 4.79 Å². The Balaban J connectivity index is 2.05. The predicted octanol–water partition coefficient (Wildman–Crippen LogP) is 2.36. The van der Waals surface area contributed by atoms with Gasteiger partial charge in [-0.1, -0.05) is 22.0 Å². The van der Waals surface area contributed by atoms with E-state index in [0.717, 1.165) is 28.4 Å². The fourth-order valence-electron chi connectivity index (χ4n) is 2.54. The van der Waals surface area contributed by atoms with E-state index in [1.54, 1.807) is 7.05 Å². The third-order valence-electron chi connectivity index (χ3n) is 3.83. The van der Waals surface area contributed by atoms with Gasteiger partial charge in [-0.3, -0.25) is 9.59 Å². The van der Waals surface area contributed by atoms with Crippen LogP contribution in [0, 0.1) is 12.8 Å². The van der Waals surface area contributed by atoms with Gasteiger partial charge in [0.15, 0.2) is 0 Å². The Morgan fingerprint density at radius 3 is 2.55 bits per heavy atom. The van der Waals surface area contributed by atoms with Gasteiger partial charge in [-0.25, -0.2) is 0 Å². The van der Waals surface area contributed by atoms with E-state index in [-0.39, 0.29) is 17.7 Å². The van der Waals surface area contributed by atoms with Gasteiger partial charge < -0.3 is 10.2 Å².